The van der Waals surface area contributed by atoms with Crippen LogP contribution in [0, 0.1) is 5.41 Å². The molecule has 3 heteroatoms. The SMILES string of the molecule is CC1(C)CCCC=C1c1ccc(C(=O)N2Cc3cccn3Cc3ccccc32)cc1. The summed E-state index contributed by atoms with van der Waals surface area (Å²) in [6, 6.07) is 20.6. The summed E-state index contributed by atoms with van der Waals surface area (Å²) >= 11 is 0. The molecule has 0 spiro atoms. The van der Waals surface area contributed by atoms with Crippen LogP contribution in [0.2, 0.25) is 0 Å². The third-order valence-electron chi connectivity index (χ3n) is 6.64. The Kier molecular flexibility index (Phi) is 4.62. The molecule has 152 valence electrons. The van der Waals surface area contributed by atoms with Crippen LogP contribution in [0.3, 0.4) is 0 Å². The molecule has 5 rings (SSSR count). The minimum absolute atomic E-state index is 0.0560. The van der Waals surface area contributed by atoms with Crippen molar-refractivity contribution in [1.82, 2.24) is 4.57 Å². The van der Waals surface area contributed by atoms with Crippen LogP contribution in [0.15, 0.2) is 72.9 Å². The summed E-state index contributed by atoms with van der Waals surface area (Å²) in [5.74, 6) is 0.0560. The molecule has 0 unspecified atom stereocenters. The lowest BCUT2D eigenvalue weighted by Gasteiger charge is -2.32. The standard InChI is InChI=1S/C27H28N2O/c1-27(2)16-6-5-10-24(27)20-12-14-21(15-13-20)26(30)29-19-23-9-7-17-28(23)18-22-8-3-4-11-25(22)29/h3-4,7-15,17H,5-6,16,18-19H2,1-2H3. The van der Waals surface area contributed by atoms with E-state index in [4.69, 9.17) is 0 Å². The predicted octanol–water partition coefficient (Wildman–Crippen LogP) is 6.29. The number of carbonyl (C=O) groups excluding carboxylic acids is 1. The largest absolute Gasteiger partial charge is 0.345 e. The molecule has 30 heavy (non-hydrogen) atoms. The van der Waals surface area contributed by atoms with Crippen molar-refractivity contribution >= 4 is 17.2 Å². The number of allylic oxidation sites excluding steroid dienone is 2. The lowest BCUT2D eigenvalue weighted by Crippen LogP contribution is -2.30. The third-order valence-corrected chi connectivity index (χ3v) is 6.64. The van der Waals surface area contributed by atoms with E-state index in [-0.39, 0.29) is 11.3 Å². The summed E-state index contributed by atoms with van der Waals surface area (Å²) in [5, 5.41) is 0. The van der Waals surface area contributed by atoms with Gasteiger partial charge < -0.3 is 9.47 Å². The minimum atomic E-state index is 0.0560. The van der Waals surface area contributed by atoms with Gasteiger partial charge in [0.1, 0.15) is 0 Å². The van der Waals surface area contributed by atoms with Crippen molar-refractivity contribution < 1.29 is 4.79 Å². The van der Waals surface area contributed by atoms with Crippen LogP contribution in [0.5, 0.6) is 0 Å². The minimum Gasteiger partial charge on any atom is -0.345 e. The Morgan fingerprint density at radius 1 is 0.933 bits per heavy atom. The zero-order valence-corrected chi connectivity index (χ0v) is 17.8. The average Bonchev–Trinajstić information content (AvgIpc) is 3.12. The first kappa shape index (κ1) is 18.9. The number of hydrogen-bond donors (Lipinski definition) is 0. The van der Waals surface area contributed by atoms with Gasteiger partial charge in [-0.15, -0.1) is 0 Å². The number of benzene rings is 2. The molecule has 1 aromatic heterocycles. The van der Waals surface area contributed by atoms with E-state index in [0.717, 1.165) is 29.9 Å². The molecule has 1 aliphatic carbocycles. The zero-order chi connectivity index (χ0) is 20.7. The zero-order valence-electron chi connectivity index (χ0n) is 17.8. The number of amides is 1. The van der Waals surface area contributed by atoms with Crippen LogP contribution in [0.4, 0.5) is 5.69 Å². The van der Waals surface area contributed by atoms with Crippen LogP contribution >= 0.6 is 0 Å². The maximum absolute atomic E-state index is 13.6. The van der Waals surface area contributed by atoms with E-state index in [1.165, 1.54) is 29.5 Å². The number of hydrogen-bond acceptors (Lipinski definition) is 1. The maximum atomic E-state index is 13.6. The van der Waals surface area contributed by atoms with Crippen LogP contribution in [0.25, 0.3) is 5.57 Å². The molecule has 3 aromatic rings. The Morgan fingerprint density at radius 3 is 2.53 bits per heavy atom. The predicted molar refractivity (Wildman–Crippen MR) is 123 cm³/mol. The van der Waals surface area contributed by atoms with E-state index in [1.807, 2.05) is 29.2 Å². The van der Waals surface area contributed by atoms with Crippen LogP contribution in [-0.4, -0.2) is 10.5 Å². The number of nitrogens with zero attached hydrogens (tertiary/aromatic N) is 2. The summed E-state index contributed by atoms with van der Waals surface area (Å²) in [5.41, 5.74) is 6.91. The molecule has 0 saturated heterocycles. The van der Waals surface area contributed by atoms with Crippen molar-refractivity contribution in [2.45, 2.75) is 46.2 Å². The molecule has 0 fully saturated rings. The fraction of sp³-hybridized carbons (Fsp3) is 0.296. The van der Waals surface area contributed by atoms with Crippen LogP contribution in [-0.2, 0) is 13.1 Å². The van der Waals surface area contributed by atoms with Gasteiger partial charge >= 0.3 is 0 Å². The highest BCUT2D eigenvalue weighted by Gasteiger charge is 2.28. The summed E-state index contributed by atoms with van der Waals surface area (Å²) in [6.45, 7) is 6.02. The van der Waals surface area contributed by atoms with Crippen molar-refractivity contribution in [2.75, 3.05) is 4.90 Å². The Labute approximate surface area is 178 Å². The highest BCUT2D eigenvalue weighted by atomic mass is 16.2. The molecular weight excluding hydrogens is 368 g/mol. The number of para-hydroxylation sites is 1. The molecular formula is C27H28N2O. The Bertz CT molecular complexity index is 1120. The number of aromatic nitrogens is 1. The third kappa shape index (κ3) is 3.28. The first-order valence-corrected chi connectivity index (χ1v) is 10.9. The molecule has 0 N–H and O–H groups in total. The Balaban J connectivity index is 1.48. The van der Waals surface area contributed by atoms with E-state index in [2.05, 4.69) is 67.1 Å². The van der Waals surface area contributed by atoms with Crippen molar-refractivity contribution in [2.24, 2.45) is 5.41 Å². The first-order chi connectivity index (χ1) is 14.5. The highest BCUT2D eigenvalue weighted by molar-refractivity contribution is 6.06. The molecule has 1 amide bonds. The summed E-state index contributed by atoms with van der Waals surface area (Å²) in [4.78, 5) is 15.5. The number of rotatable bonds is 2. The average molecular weight is 397 g/mol. The summed E-state index contributed by atoms with van der Waals surface area (Å²) in [7, 11) is 0. The van der Waals surface area contributed by atoms with Gasteiger partial charge in [-0.25, -0.2) is 0 Å². The van der Waals surface area contributed by atoms with Crippen molar-refractivity contribution in [3.05, 3.63) is 95.3 Å². The van der Waals surface area contributed by atoms with Gasteiger partial charge in [0.25, 0.3) is 5.91 Å². The molecule has 2 aliphatic rings. The van der Waals surface area contributed by atoms with E-state index in [1.54, 1.807) is 0 Å². The van der Waals surface area contributed by atoms with Gasteiger partial charge in [0, 0.05) is 29.7 Å². The second-order valence-corrected chi connectivity index (χ2v) is 9.12. The fourth-order valence-electron chi connectivity index (χ4n) is 4.93. The molecule has 3 nitrogen and oxygen atoms in total. The van der Waals surface area contributed by atoms with Gasteiger partial charge in [0.2, 0.25) is 0 Å². The lowest BCUT2D eigenvalue weighted by atomic mass is 9.73. The number of fused-ring (bicyclic) bond motifs is 2. The molecule has 0 saturated carbocycles. The van der Waals surface area contributed by atoms with Gasteiger partial charge in [0.05, 0.1) is 6.54 Å². The fourth-order valence-corrected chi connectivity index (χ4v) is 4.93. The Hall–Kier alpha value is -3.07. The molecule has 2 aromatic carbocycles. The molecule has 0 bridgehead atoms. The first-order valence-electron chi connectivity index (χ1n) is 10.9. The van der Waals surface area contributed by atoms with E-state index < -0.39 is 0 Å². The van der Waals surface area contributed by atoms with Gasteiger partial charge in [-0.1, -0.05) is 50.3 Å². The van der Waals surface area contributed by atoms with Gasteiger partial charge in [0.15, 0.2) is 0 Å². The van der Waals surface area contributed by atoms with Crippen molar-refractivity contribution in [1.29, 1.82) is 0 Å². The second-order valence-electron chi connectivity index (χ2n) is 9.12. The highest BCUT2D eigenvalue weighted by Crippen LogP contribution is 2.42. The monoisotopic (exact) mass is 396 g/mol. The normalized spacial score (nSPS) is 17.5. The van der Waals surface area contributed by atoms with E-state index >= 15 is 0 Å². The summed E-state index contributed by atoms with van der Waals surface area (Å²) in [6.07, 6.45) is 8.07. The Morgan fingerprint density at radius 2 is 1.73 bits per heavy atom. The van der Waals surface area contributed by atoms with Gasteiger partial charge in [-0.3, -0.25) is 4.79 Å². The van der Waals surface area contributed by atoms with Crippen LogP contribution in [0.1, 0.15) is 60.3 Å². The summed E-state index contributed by atoms with van der Waals surface area (Å²) < 4.78 is 2.23. The van der Waals surface area contributed by atoms with E-state index in [0.29, 0.717) is 6.54 Å². The second kappa shape index (κ2) is 7.32. The van der Waals surface area contributed by atoms with Gasteiger partial charge in [-0.2, -0.15) is 0 Å². The van der Waals surface area contributed by atoms with Crippen molar-refractivity contribution in [3.8, 4) is 0 Å². The van der Waals surface area contributed by atoms with Crippen LogP contribution < -0.4 is 4.90 Å². The smallest absolute Gasteiger partial charge is 0.258 e. The topological polar surface area (TPSA) is 25.2 Å². The number of anilines is 1. The van der Waals surface area contributed by atoms with Gasteiger partial charge in [-0.05, 0) is 71.7 Å². The molecule has 0 atom stereocenters. The molecule has 2 heterocycles. The van der Waals surface area contributed by atoms with Crippen molar-refractivity contribution in [3.63, 3.8) is 0 Å². The van der Waals surface area contributed by atoms with E-state index in [9.17, 15) is 4.79 Å². The number of carbonyl (C=O) groups is 1. The quantitative estimate of drug-likeness (QED) is 0.500. The maximum Gasteiger partial charge on any atom is 0.258 e. The molecule has 0 radical (unpaired) electrons. The molecule has 1 aliphatic heterocycles. The lowest BCUT2D eigenvalue weighted by molar-refractivity contribution is 0.0985.